The molecule has 0 unspecified atom stereocenters. The Kier molecular flexibility index (Phi) is 6.09. The van der Waals surface area contributed by atoms with Gasteiger partial charge in [0.1, 0.15) is 0 Å². The molecule has 1 N–H and O–H groups in total. The fourth-order valence-corrected chi connectivity index (χ4v) is 0.392. The van der Waals surface area contributed by atoms with Crippen molar-refractivity contribution in [2.24, 2.45) is 0 Å². The van der Waals surface area contributed by atoms with Crippen LogP contribution < -0.4 is 5.32 Å². The second-order valence-electron chi connectivity index (χ2n) is 1.50. The molecule has 0 rings (SSSR count). The smallest absolute Gasteiger partial charge is 0.0785 e. The minimum atomic E-state index is 1.01. The Morgan fingerprint density at radius 3 is 2.88 bits per heavy atom. The second kappa shape index (κ2) is 6.50. The van der Waals surface area contributed by atoms with Crippen molar-refractivity contribution in [3.63, 3.8) is 0 Å². The molecule has 0 heterocycles. The normalized spacial score (nSPS) is 10.2. The number of nitrogens with one attached hydrogen (secondary N) is 1. The van der Waals surface area contributed by atoms with E-state index < -0.39 is 0 Å². The van der Waals surface area contributed by atoms with Gasteiger partial charge in [-0.2, -0.15) is 0 Å². The summed E-state index contributed by atoms with van der Waals surface area (Å²) in [5, 5.41) is 3.02. The van der Waals surface area contributed by atoms with E-state index >= 15 is 0 Å². The van der Waals surface area contributed by atoms with E-state index in [4.69, 9.17) is 0 Å². The maximum atomic E-state index is 4.68. The van der Waals surface area contributed by atoms with Crippen LogP contribution in [0.5, 0.6) is 0 Å². The van der Waals surface area contributed by atoms with Crippen LogP contribution in [0.15, 0.2) is 12.3 Å². The molecule has 0 saturated carbocycles. The number of rotatable bonds is 4. The van der Waals surface area contributed by atoms with Crippen LogP contribution in [0.1, 0.15) is 6.42 Å². The van der Waals surface area contributed by atoms with Crippen LogP contribution in [0.25, 0.3) is 0 Å². The Morgan fingerprint density at radius 2 is 2.38 bits per heavy atom. The van der Waals surface area contributed by atoms with Gasteiger partial charge in [0.2, 0.25) is 0 Å². The molecule has 0 atom stereocenters. The molecule has 0 aliphatic rings. The molecule has 8 heavy (non-hydrogen) atoms. The van der Waals surface area contributed by atoms with Crippen molar-refractivity contribution in [3.05, 3.63) is 12.3 Å². The minimum absolute atomic E-state index is 1.01. The summed E-state index contributed by atoms with van der Waals surface area (Å²) in [6.45, 7) is 1.01. The van der Waals surface area contributed by atoms with Crippen LogP contribution in [0.3, 0.4) is 0 Å². The lowest BCUT2D eigenvalue weighted by Gasteiger charge is -1.89. The van der Waals surface area contributed by atoms with E-state index in [2.05, 4.69) is 10.1 Å². The summed E-state index contributed by atoms with van der Waals surface area (Å²) in [6.07, 6.45) is 4.71. The molecule has 0 aliphatic carbocycles. The first kappa shape index (κ1) is 7.50. The van der Waals surface area contributed by atoms with Gasteiger partial charge in [0, 0.05) is 0 Å². The van der Waals surface area contributed by atoms with Crippen molar-refractivity contribution in [1.82, 2.24) is 5.32 Å². The molecule has 0 saturated heterocycles. The SMILES string of the molecule is CNCCC=COC. The van der Waals surface area contributed by atoms with Gasteiger partial charge in [-0.25, -0.2) is 0 Å². The highest BCUT2D eigenvalue weighted by molar-refractivity contribution is 4.73. The van der Waals surface area contributed by atoms with Crippen molar-refractivity contribution in [2.75, 3.05) is 20.7 Å². The van der Waals surface area contributed by atoms with E-state index in [9.17, 15) is 0 Å². The zero-order chi connectivity index (χ0) is 6.24. The molecular formula is C6H13NO. The predicted molar refractivity (Wildman–Crippen MR) is 34.7 cm³/mol. The fraction of sp³-hybridized carbons (Fsp3) is 0.667. The molecule has 2 heteroatoms. The molecule has 0 spiro atoms. The van der Waals surface area contributed by atoms with Gasteiger partial charge in [-0.15, -0.1) is 0 Å². The Labute approximate surface area is 50.5 Å². The Hall–Kier alpha value is -0.500. The first-order valence-electron chi connectivity index (χ1n) is 2.74. The van der Waals surface area contributed by atoms with Crippen molar-refractivity contribution < 1.29 is 4.74 Å². The Bertz CT molecular complexity index is 61.5. The lowest BCUT2D eigenvalue weighted by molar-refractivity contribution is 0.336. The molecule has 0 bridgehead atoms. The molecule has 48 valence electrons. The highest BCUT2D eigenvalue weighted by Crippen LogP contribution is 1.78. The van der Waals surface area contributed by atoms with Gasteiger partial charge in [-0.05, 0) is 26.1 Å². The lowest BCUT2D eigenvalue weighted by atomic mass is 10.4. The fourth-order valence-electron chi connectivity index (χ4n) is 0.392. The topological polar surface area (TPSA) is 21.3 Å². The molecule has 2 nitrogen and oxygen atoms in total. The highest BCUT2D eigenvalue weighted by Gasteiger charge is 1.73. The van der Waals surface area contributed by atoms with E-state index in [1.807, 2.05) is 13.1 Å². The Balaban J connectivity index is 2.80. The summed E-state index contributed by atoms with van der Waals surface area (Å²) in [6, 6.07) is 0. The molecule has 0 aliphatic heterocycles. The van der Waals surface area contributed by atoms with Gasteiger partial charge in [0.15, 0.2) is 0 Å². The molecule has 0 radical (unpaired) electrons. The zero-order valence-electron chi connectivity index (χ0n) is 5.48. The van der Waals surface area contributed by atoms with E-state index in [0.29, 0.717) is 0 Å². The van der Waals surface area contributed by atoms with Gasteiger partial charge in [0.25, 0.3) is 0 Å². The first-order chi connectivity index (χ1) is 3.91. The molecule has 0 aromatic carbocycles. The maximum absolute atomic E-state index is 4.68. The summed E-state index contributed by atoms with van der Waals surface area (Å²) in [5.74, 6) is 0. The Morgan fingerprint density at radius 1 is 1.62 bits per heavy atom. The standard InChI is InChI=1S/C6H13NO/c1-7-5-3-4-6-8-2/h4,6-7H,3,5H2,1-2H3. The third-order valence-electron chi connectivity index (χ3n) is 0.793. The zero-order valence-corrected chi connectivity index (χ0v) is 5.48. The number of methoxy groups -OCH3 is 1. The van der Waals surface area contributed by atoms with E-state index in [1.165, 1.54) is 0 Å². The van der Waals surface area contributed by atoms with Crippen LogP contribution in [-0.4, -0.2) is 20.7 Å². The molecule has 0 fully saturated rings. The van der Waals surface area contributed by atoms with Crippen molar-refractivity contribution in [3.8, 4) is 0 Å². The molecule has 0 aromatic heterocycles. The predicted octanol–water partition coefficient (Wildman–Crippen LogP) is 0.756. The van der Waals surface area contributed by atoms with Crippen LogP contribution in [0, 0.1) is 0 Å². The minimum Gasteiger partial charge on any atom is -0.505 e. The number of hydrogen-bond donors (Lipinski definition) is 1. The van der Waals surface area contributed by atoms with Gasteiger partial charge >= 0.3 is 0 Å². The molecule has 0 aromatic rings. The van der Waals surface area contributed by atoms with Crippen LogP contribution in [0.4, 0.5) is 0 Å². The summed E-state index contributed by atoms with van der Waals surface area (Å²) >= 11 is 0. The first-order valence-corrected chi connectivity index (χ1v) is 2.74. The summed E-state index contributed by atoms with van der Waals surface area (Å²) in [7, 11) is 3.58. The maximum Gasteiger partial charge on any atom is 0.0785 e. The number of ether oxygens (including phenoxy) is 1. The van der Waals surface area contributed by atoms with Gasteiger partial charge < -0.3 is 10.1 Å². The van der Waals surface area contributed by atoms with Crippen LogP contribution >= 0.6 is 0 Å². The monoisotopic (exact) mass is 115 g/mol. The van der Waals surface area contributed by atoms with Crippen LogP contribution in [0.2, 0.25) is 0 Å². The average Bonchev–Trinajstić information content (AvgIpc) is 1.81. The molecular weight excluding hydrogens is 102 g/mol. The summed E-state index contributed by atoms with van der Waals surface area (Å²) < 4.78 is 4.68. The second-order valence-corrected chi connectivity index (χ2v) is 1.50. The average molecular weight is 115 g/mol. The van der Waals surface area contributed by atoms with Crippen molar-refractivity contribution >= 4 is 0 Å². The van der Waals surface area contributed by atoms with E-state index in [-0.39, 0.29) is 0 Å². The van der Waals surface area contributed by atoms with E-state index in [0.717, 1.165) is 13.0 Å². The highest BCUT2D eigenvalue weighted by atomic mass is 16.5. The largest absolute Gasteiger partial charge is 0.505 e. The van der Waals surface area contributed by atoms with Crippen LogP contribution in [-0.2, 0) is 4.74 Å². The van der Waals surface area contributed by atoms with Crippen molar-refractivity contribution in [2.45, 2.75) is 6.42 Å². The summed E-state index contributed by atoms with van der Waals surface area (Å²) in [5.41, 5.74) is 0. The quantitative estimate of drug-likeness (QED) is 0.431. The van der Waals surface area contributed by atoms with Gasteiger partial charge in [0.05, 0.1) is 13.4 Å². The van der Waals surface area contributed by atoms with E-state index in [1.54, 1.807) is 13.4 Å². The summed E-state index contributed by atoms with van der Waals surface area (Å²) in [4.78, 5) is 0. The third-order valence-corrected chi connectivity index (χ3v) is 0.793. The van der Waals surface area contributed by atoms with Crippen molar-refractivity contribution in [1.29, 1.82) is 0 Å². The van der Waals surface area contributed by atoms with Gasteiger partial charge in [-0.1, -0.05) is 0 Å². The molecule has 0 amide bonds. The lowest BCUT2D eigenvalue weighted by Crippen LogP contribution is -2.05. The number of hydrogen-bond acceptors (Lipinski definition) is 2. The van der Waals surface area contributed by atoms with Gasteiger partial charge in [-0.3, -0.25) is 0 Å². The third kappa shape index (κ3) is 5.50.